The number of benzene rings is 1. The first-order valence-electron chi connectivity index (χ1n) is 17.2. The summed E-state index contributed by atoms with van der Waals surface area (Å²) in [6, 6.07) is 2.31. The number of likely N-dealkylation sites (tertiary alicyclic amines) is 1. The summed E-state index contributed by atoms with van der Waals surface area (Å²) < 4.78 is 5.30. The van der Waals surface area contributed by atoms with Crippen LogP contribution in [0.3, 0.4) is 0 Å². The zero-order valence-corrected chi connectivity index (χ0v) is 30.1. The second kappa shape index (κ2) is 19.1. The molecule has 2 heterocycles. The van der Waals surface area contributed by atoms with Gasteiger partial charge in [-0.3, -0.25) is 34.0 Å². The minimum Gasteiger partial charge on any atom is -0.423 e. The van der Waals surface area contributed by atoms with E-state index in [0.29, 0.717) is 42.3 Å². The monoisotopic (exact) mass is 725 g/mol. The summed E-state index contributed by atoms with van der Waals surface area (Å²) in [6.45, 7) is 7.23. The predicted octanol–water partition coefficient (Wildman–Crippen LogP) is -0.732. The number of hydrogen-bond acceptors (Lipinski definition) is 9. The van der Waals surface area contributed by atoms with E-state index in [9.17, 15) is 28.8 Å². The van der Waals surface area contributed by atoms with Crippen molar-refractivity contribution in [3.63, 3.8) is 0 Å². The SMILES string of the molecule is CC(=O)N[C@H](C(=O)N[C@@H](CCCN=C(N)N)C(=O)N1CCC[C@H]1C(=O)N[C@@H](CCCN=C(N)N)C(=O)Nc1ccc2c(C)cc(=O)oc2c1)C(C)C. The van der Waals surface area contributed by atoms with Crippen molar-refractivity contribution in [2.24, 2.45) is 38.8 Å². The Morgan fingerprint density at radius 1 is 0.904 bits per heavy atom. The molecule has 0 spiro atoms. The van der Waals surface area contributed by atoms with E-state index >= 15 is 0 Å². The molecule has 4 atom stereocenters. The lowest BCUT2D eigenvalue weighted by Gasteiger charge is -2.31. The molecule has 52 heavy (non-hydrogen) atoms. The van der Waals surface area contributed by atoms with Gasteiger partial charge in [0, 0.05) is 49.8 Å². The number of carbonyl (C=O) groups is 5. The second-order valence-electron chi connectivity index (χ2n) is 13.1. The fourth-order valence-electron chi connectivity index (χ4n) is 5.95. The molecule has 18 nitrogen and oxygen atoms in total. The molecular formula is C34H51N11O7. The maximum atomic E-state index is 14.0. The normalized spacial score (nSPS) is 15.6. The molecule has 284 valence electrons. The summed E-state index contributed by atoms with van der Waals surface area (Å²) in [6.07, 6.45) is 1.80. The molecule has 1 aromatic heterocycles. The number of guanidine groups is 2. The fourth-order valence-corrected chi connectivity index (χ4v) is 5.95. The third kappa shape index (κ3) is 12.0. The van der Waals surface area contributed by atoms with Gasteiger partial charge in [-0.1, -0.05) is 13.8 Å². The smallest absolute Gasteiger partial charge is 0.336 e. The number of rotatable bonds is 17. The number of fused-ring (bicyclic) bond motifs is 1. The molecule has 1 aromatic carbocycles. The number of amides is 5. The molecule has 5 amide bonds. The molecule has 1 fully saturated rings. The highest BCUT2D eigenvalue weighted by molar-refractivity contribution is 6.00. The van der Waals surface area contributed by atoms with Gasteiger partial charge in [0.05, 0.1) is 0 Å². The van der Waals surface area contributed by atoms with Crippen LogP contribution in [0.25, 0.3) is 11.0 Å². The van der Waals surface area contributed by atoms with Gasteiger partial charge in [0.1, 0.15) is 29.8 Å². The van der Waals surface area contributed by atoms with Gasteiger partial charge in [-0.15, -0.1) is 0 Å². The highest BCUT2D eigenvalue weighted by Gasteiger charge is 2.39. The van der Waals surface area contributed by atoms with Gasteiger partial charge in [0.2, 0.25) is 29.5 Å². The Kier molecular flexibility index (Phi) is 14.9. The summed E-state index contributed by atoms with van der Waals surface area (Å²) in [4.78, 5) is 87.8. The first kappa shape index (κ1) is 40.7. The fraction of sp³-hybridized carbons (Fsp3) is 0.529. The van der Waals surface area contributed by atoms with Crippen molar-refractivity contribution in [2.75, 3.05) is 25.0 Å². The Morgan fingerprint density at radius 3 is 2.13 bits per heavy atom. The zero-order chi connectivity index (χ0) is 38.5. The quantitative estimate of drug-likeness (QED) is 0.0435. The summed E-state index contributed by atoms with van der Waals surface area (Å²) in [5.41, 5.74) is 22.6. The van der Waals surface area contributed by atoms with Gasteiger partial charge in [0.25, 0.3) is 0 Å². The van der Waals surface area contributed by atoms with E-state index in [1.165, 1.54) is 24.0 Å². The van der Waals surface area contributed by atoms with Crippen LogP contribution in [-0.2, 0) is 24.0 Å². The van der Waals surface area contributed by atoms with E-state index in [1.54, 1.807) is 32.9 Å². The van der Waals surface area contributed by atoms with Gasteiger partial charge in [-0.25, -0.2) is 4.79 Å². The van der Waals surface area contributed by atoms with E-state index in [0.717, 1.165) is 0 Å². The number of nitrogens with one attached hydrogen (secondary N) is 4. The number of aliphatic imine (C=N–C) groups is 2. The molecular weight excluding hydrogens is 674 g/mol. The number of aryl methyl sites for hydroxylation is 1. The summed E-state index contributed by atoms with van der Waals surface area (Å²) >= 11 is 0. The lowest BCUT2D eigenvalue weighted by molar-refractivity contribution is -0.142. The number of nitrogens with zero attached hydrogens (tertiary/aromatic N) is 3. The van der Waals surface area contributed by atoms with Crippen molar-refractivity contribution in [3.05, 3.63) is 40.2 Å². The van der Waals surface area contributed by atoms with Gasteiger partial charge in [-0.05, 0) is 69.1 Å². The standard InChI is InChI=1S/C34H51N11O7/c1-18(2)28(41-20(4)46)31(50)44-24(9-6-14-40-34(37)38)32(51)45-15-7-10-25(45)30(49)43-23(8-5-13-39-33(35)36)29(48)42-21-11-12-22-19(3)16-27(47)52-26(22)17-21/h11-12,16-18,23-25,28H,5-10,13-15H2,1-4H3,(H,41,46)(H,42,48)(H,43,49)(H,44,50)(H4,35,36,39)(H4,37,38,40)/t23-,24-,25-,28-/m0/s1. The van der Waals surface area contributed by atoms with Crippen LogP contribution in [0.1, 0.15) is 64.9 Å². The van der Waals surface area contributed by atoms with Crippen molar-refractivity contribution in [3.8, 4) is 0 Å². The van der Waals surface area contributed by atoms with Crippen molar-refractivity contribution in [1.29, 1.82) is 0 Å². The predicted molar refractivity (Wildman–Crippen MR) is 197 cm³/mol. The molecule has 12 N–H and O–H groups in total. The van der Waals surface area contributed by atoms with Gasteiger partial charge >= 0.3 is 5.63 Å². The number of nitrogens with two attached hydrogens (primary N) is 4. The lowest BCUT2D eigenvalue weighted by atomic mass is 10.0. The summed E-state index contributed by atoms with van der Waals surface area (Å²) in [5.74, 6) is -3.07. The molecule has 0 saturated carbocycles. The van der Waals surface area contributed by atoms with Crippen molar-refractivity contribution >= 4 is 58.1 Å². The molecule has 0 bridgehead atoms. The van der Waals surface area contributed by atoms with Crippen molar-refractivity contribution < 1.29 is 28.4 Å². The average molecular weight is 726 g/mol. The van der Waals surface area contributed by atoms with Crippen LogP contribution < -0.4 is 49.8 Å². The molecule has 0 radical (unpaired) electrons. The molecule has 3 rings (SSSR count). The summed E-state index contributed by atoms with van der Waals surface area (Å²) in [5, 5.41) is 11.7. The topological polar surface area (TPSA) is 296 Å². The van der Waals surface area contributed by atoms with E-state index in [-0.39, 0.29) is 55.9 Å². The first-order valence-corrected chi connectivity index (χ1v) is 17.2. The highest BCUT2D eigenvalue weighted by Crippen LogP contribution is 2.23. The molecule has 1 saturated heterocycles. The van der Waals surface area contributed by atoms with Crippen molar-refractivity contribution in [1.82, 2.24) is 20.9 Å². The van der Waals surface area contributed by atoms with Gasteiger partial charge in [-0.2, -0.15) is 0 Å². The third-order valence-electron chi connectivity index (χ3n) is 8.50. The van der Waals surface area contributed by atoms with E-state index in [1.807, 2.05) is 0 Å². The van der Waals surface area contributed by atoms with Crippen LogP contribution in [0.15, 0.2) is 43.5 Å². The molecule has 2 aromatic rings. The van der Waals surface area contributed by atoms with E-state index < -0.39 is 59.3 Å². The maximum absolute atomic E-state index is 14.0. The van der Waals surface area contributed by atoms with Gasteiger partial charge in [0.15, 0.2) is 11.9 Å². The van der Waals surface area contributed by atoms with Crippen LogP contribution in [0.5, 0.6) is 0 Å². The third-order valence-corrected chi connectivity index (χ3v) is 8.50. The lowest BCUT2D eigenvalue weighted by Crippen LogP contribution is -2.58. The highest BCUT2D eigenvalue weighted by atomic mass is 16.4. The van der Waals surface area contributed by atoms with Crippen LogP contribution in [0.4, 0.5) is 5.69 Å². The molecule has 1 aliphatic rings. The van der Waals surface area contributed by atoms with Crippen LogP contribution >= 0.6 is 0 Å². The zero-order valence-electron chi connectivity index (χ0n) is 30.1. The average Bonchev–Trinajstić information content (AvgIpc) is 3.55. The van der Waals surface area contributed by atoms with Crippen LogP contribution in [0.2, 0.25) is 0 Å². The van der Waals surface area contributed by atoms with Crippen LogP contribution in [-0.4, -0.2) is 90.2 Å². The van der Waals surface area contributed by atoms with Gasteiger partial charge < -0.3 is 53.5 Å². The maximum Gasteiger partial charge on any atom is 0.336 e. The first-order chi connectivity index (χ1) is 24.6. The Balaban J connectivity index is 1.82. The number of anilines is 1. The molecule has 0 aliphatic carbocycles. The van der Waals surface area contributed by atoms with Crippen molar-refractivity contribution in [2.45, 2.75) is 90.4 Å². The Bertz CT molecular complexity index is 1730. The Hall–Kier alpha value is -5.68. The molecule has 18 heteroatoms. The second-order valence-corrected chi connectivity index (χ2v) is 13.1. The molecule has 0 unspecified atom stereocenters. The Labute approximate surface area is 301 Å². The number of hydrogen-bond donors (Lipinski definition) is 8. The van der Waals surface area contributed by atoms with Crippen LogP contribution in [0, 0.1) is 12.8 Å². The Morgan fingerprint density at radius 2 is 1.54 bits per heavy atom. The summed E-state index contributed by atoms with van der Waals surface area (Å²) in [7, 11) is 0. The minimum atomic E-state index is -1.06. The van der Waals surface area contributed by atoms with E-state index in [2.05, 4.69) is 31.3 Å². The van der Waals surface area contributed by atoms with E-state index in [4.69, 9.17) is 27.4 Å². The largest absolute Gasteiger partial charge is 0.423 e. The molecule has 1 aliphatic heterocycles. The minimum absolute atomic E-state index is 0.116. The number of carbonyl (C=O) groups excluding carboxylic acids is 5.